The van der Waals surface area contributed by atoms with Crippen molar-refractivity contribution < 1.29 is 10.0 Å². The van der Waals surface area contributed by atoms with Crippen LogP contribution in [0.4, 0.5) is 5.82 Å². The van der Waals surface area contributed by atoms with Gasteiger partial charge >= 0.3 is 0 Å². The van der Waals surface area contributed by atoms with Gasteiger partial charge in [0.05, 0.1) is 0 Å². The molecule has 3 heterocycles. The summed E-state index contributed by atoms with van der Waals surface area (Å²) < 4.78 is 0. The van der Waals surface area contributed by atoms with Crippen molar-refractivity contribution in [3.8, 4) is 0 Å². The van der Waals surface area contributed by atoms with Gasteiger partial charge in [-0.3, -0.25) is 10.0 Å². The summed E-state index contributed by atoms with van der Waals surface area (Å²) in [5, 5.41) is 13.5. The van der Waals surface area contributed by atoms with Crippen LogP contribution in [0.5, 0.6) is 0 Å². The molecule has 1 aromatic heterocycles. The minimum absolute atomic E-state index is 0.0927. The number of nitrogens with zero attached hydrogens (tertiary/aromatic N) is 3. The maximum absolute atomic E-state index is 11.7. The molecule has 0 aromatic carbocycles. The molecule has 0 saturated carbocycles. The lowest BCUT2D eigenvalue weighted by atomic mass is 9.86. The summed E-state index contributed by atoms with van der Waals surface area (Å²) in [7, 11) is 0. The number of hydrogen-bond acceptors (Lipinski definition) is 5. The number of aromatic nitrogens is 1. The van der Waals surface area contributed by atoms with Crippen molar-refractivity contribution in [2.45, 2.75) is 25.3 Å². The van der Waals surface area contributed by atoms with Crippen LogP contribution in [-0.2, 0) is 4.79 Å². The molecule has 1 aromatic rings. The van der Waals surface area contributed by atoms with Crippen molar-refractivity contribution >= 4 is 29.1 Å². The highest BCUT2D eigenvalue weighted by atomic mass is 16.5. The molecular weight excluding hydrogens is 340 g/mol. The van der Waals surface area contributed by atoms with Crippen molar-refractivity contribution in [3.05, 3.63) is 72.2 Å². The molecule has 6 nitrogen and oxygen atoms in total. The van der Waals surface area contributed by atoms with Crippen molar-refractivity contribution in [1.29, 1.82) is 0 Å². The second-order valence-corrected chi connectivity index (χ2v) is 6.62. The second kappa shape index (κ2) is 7.17. The topological polar surface area (TPSA) is 77.8 Å². The molecule has 2 N–H and O–H groups in total. The minimum Gasteiger partial charge on any atom is -0.349 e. The first kappa shape index (κ1) is 17.2. The second-order valence-electron chi connectivity index (χ2n) is 6.62. The van der Waals surface area contributed by atoms with Crippen LogP contribution in [-0.4, -0.2) is 33.4 Å². The Hall–Kier alpha value is -3.25. The molecule has 1 atom stereocenters. The molecule has 0 saturated heterocycles. The number of carbonyl (C=O) groups excluding carboxylic acids is 1. The number of rotatable bonds is 3. The van der Waals surface area contributed by atoms with Crippen molar-refractivity contribution in [1.82, 2.24) is 15.4 Å². The number of hydroxylamine groups is 2. The highest BCUT2D eigenvalue weighted by Crippen LogP contribution is 2.40. The van der Waals surface area contributed by atoms with Gasteiger partial charge in [0.25, 0.3) is 0 Å². The molecule has 2 aliphatic heterocycles. The summed E-state index contributed by atoms with van der Waals surface area (Å²) >= 11 is 0. The van der Waals surface area contributed by atoms with Gasteiger partial charge in [0.2, 0.25) is 5.91 Å². The van der Waals surface area contributed by atoms with Gasteiger partial charge in [-0.05, 0) is 60.3 Å². The van der Waals surface area contributed by atoms with Gasteiger partial charge in [-0.25, -0.2) is 15.0 Å². The van der Waals surface area contributed by atoms with E-state index in [1.807, 2.05) is 24.4 Å². The lowest BCUT2D eigenvalue weighted by molar-refractivity contribution is -0.117. The standard InChI is InChI=1S/C21H20N4O2/c1-2-19(26)24-16-5-3-4-15(12-16)17-6-9-22-21-20(17)18(13-23-21)14-7-10-25(27)11-8-14/h2,4,6-11,13,16,27H,1,3,5,12H2,(H,24,26). The summed E-state index contributed by atoms with van der Waals surface area (Å²) in [6.45, 7) is 3.53. The van der Waals surface area contributed by atoms with E-state index in [9.17, 15) is 10.0 Å². The highest BCUT2D eigenvalue weighted by Gasteiger charge is 2.25. The number of hydrogen-bond donors (Lipinski definition) is 2. The van der Waals surface area contributed by atoms with Crippen LogP contribution in [0, 0.1) is 0 Å². The first-order chi connectivity index (χ1) is 13.2. The monoisotopic (exact) mass is 360 g/mol. The quantitative estimate of drug-likeness (QED) is 0.809. The zero-order chi connectivity index (χ0) is 18.8. The molecule has 0 fully saturated rings. The fraction of sp³-hybridized carbons (Fsp3) is 0.190. The third-order valence-electron chi connectivity index (χ3n) is 4.89. The maximum Gasteiger partial charge on any atom is 0.243 e. The maximum atomic E-state index is 11.7. The van der Waals surface area contributed by atoms with E-state index in [0.29, 0.717) is 5.82 Å². The fourth-order valence-electron chi connectivity index (χ4n) is 3.60. The van der Waals surface area contributed by atoms with Crippen LogP contribution in [0.3, 0.4) is 0 Å². The van der Waals surface area contributed by atoms with E-state index in [2.05, 4.69) is 27.9 Å². The molecule has 1 unspecified atom stereocenters. The molecule has 4 rings (SSSR count). The molecule has 0 bridgehead atoms. The SMILES string of the molecule is C=CC(=O)NC1CCC=C(c2ccnc3c2C(=C2C=CN(O)C=C2)C=N3)C1. The Morgan fingerprint density at radius 3 is 2.96 bits per heavy atom. The smallest absolute Gasteiger partial charge is 0.243 e. The molecule has 3 aliphatic rings. The fourth-order valence-corrected chi connectivity index (χ4v) is 3.60. The van der Waals surface area contributed by atoms with Crippen LogP contribution in [0.1, 0.15) is 30.4 Å². The van der Waals surface area contributed by atoms with Crippen LogP contribution in [0.25, 0.3) is 11.1 Å². The highest BCUT2D eigenvalue weighted by molar-refractivity contribution is 6.19. The average molecular weight is 360 g/mol. The number of carbonyl (C=O) groups is 1. The van der Waals surface area contributed by atoms with Crippen molar-refractivity contribution in [2.24, 2.45) is 4.99 Å². The van der Waals surface area contributed by atoms with E-state index in [1.54, 1.807) is 18.6 Å². The van der Waals surface area contributed by atoms with Crippen LogP contribution in [0.15, 0.2) is 66.1 Å². The average Bonchev–Trinajstić information content (AvgIpc) is 3.13. The van der Waals surface area contributed by atoms with Crippen LogP contribution >= 0.6 is 0 Å². The van der Waals surface area contributed by atoms with Crippen molar-refractivity contribution in [3.63, 3.8) is 0 Å². The van der Waals surface area contributed by atoms with Gasteiger partial charge in [-0.15, -0.1) is 0 Å². The molecular formula is C21H20N4O2. The molecule has 6 heteroatoms. The third kappa shape index (κ3) is 3.39. The molecule has 27 heavy (non-hydrogen) atoms. The van der Waals surface area contributed by atoms with E-state index in [-0.39, 0.29) is 11.9 Å². The van der Waals surface area contributed by atoms with Gasteiger partial charge in [-0.2, -0.15) is 0 Å². The first-order valence-corrected chi connectivity index (χ1v) is 8.89. The zero-order valence-electron chi connectivity index (χ0n) is 14.8. The van der Waals surface area contributed by atoms with Crippen LogP contribution < -0.4 is 5.32 Å². The van der Waals surface area contributed by atoms with E-state index < -0.39 is 0 Å². The molecule has 0 spiro atoms. The van der Waals surface area contributed by atoms with Crippen LogP contribution in [0.2, 0.25) is 0 Å². The van der Waals surface area contributed by atoms with E-state index in [4.69, 9.17) is 0 Å². The largest absolute Gasteiger partial charge is 0.349 e. The van der Waals surface area contributed by atoms with Gasteiger partial charge in [0.1, 0.15) is 0 Å². The van der Waals surface area contributed by atoms with Crippen molar-refractivity contribution in [2.75, 3.05) is 0 Å². The summed E-state index contributed by atoms with van der Waals surface area (Å²) in [5.74, 6) is 0.555. The number of pyridine rings is 1. The number of amides is 1. The third-order valence-corrected chi connectivity index (χ3v) is 4.89. The summed E-state index contributed by atoms with van der Waals surface area (Å²) in [6.07, 6.45) is 16.6. The Morgan fingerprint density at radius 1 is 1.37 bits per heavy atom. The van der Waals surface area contributed by atoms with Gasteiger partial charge < -0.3 is 5.32 Å². The molecule has 136 valence electrons. The summed E-state index contributed by atoms with van der Waals surface area (Å²) in [5.41, 5.74) is 5.21. The Kier molecular flexibility index (Phi) is 4.56. The van der Waals surface area contributed by atoms with E-state index in [0.717, 1.165) is 46.6 Å². The lowest BCUT2D eigenvalue weighted by Crippen LogP contribution is -2.34. The predicted octanol–water partition coefficient (Wildman–Crippen LogP) is 3.52. The minimum atomic E-state index is -0.140. The number of nitrogens with one attached hydrogen (secondary N) is 1. The summed E-state index contributed by atoms with van der Waals surface area (Å²) in [4.78, 5) is 20.5. The van der Waals surface area contributed by atoms with E-state index >= 15 is 0 Å². The Morgan fingerprint density at radius 2 is 2.19 bits per heavy atom. The molecule has 1 amide bonds. The first-order valence-electron chi connectivity index (χ1n) is 8.89. The Labute approximate surface area is 157 Å². The molecule has 0 radical (unpaired) electrons. The zero-order valence-corrected chi connectivity index (χ0v) is 14.8. The van der Waals surface area contributed by atoms with E-state index in [1.165, 1.54) is 11.6 Å². The van der Waals surface area contributed by atoms with Gasteiger partial charge in [0.15, 0.2) is 5.82 Å². The number of allylic oxidation sites excluding steroid dienone is 5. The lowest BCUT2D eigenvalue weighted by Gasteiger charge is -2.25. The Balaban J connectivity index is 1.70. The number of fused-ring (bicyclic) bond motifs is 1. The summed E-state index contributed by atoms with van der Waals surface area (Å²) in [6, 6.07) is 2.10. The van der Waals surface area contributed by atoms with Gasteiger partial charge in [0, 0.05) is 42.0 Å². The normalized spacial score (nSPS) is 20.6. The van der Waals surface area contributed by atoms with Gasteiger partial charge in [-0.1, -0.05) is 12.7 Å². The predicted molar refractivity (Wildman–Crippen MR) is 105 cm³/mol. The Bertz CT molecular complexity index is 937. The molecule has 1 aliphatic carbocycles. The number of aliphatic imine (C=N–C) groups is 1.